The number of carbonyl (C=O) groups is 1. The van der Waals surface area contributed by atoms with Gasteiger partial charge in [0, 0.05) is 30.6 Å². The lowest BCUT2D eigenvalue weighted by atomic mass is 9.90. The van der Waals surface area contributed by atoms with Crippen molar-refractivity contribution in [3.05, 3.63) is 29.6 Å². The second-order valence-corrected chi connectivity index (χ2v) is 6.00. The lowest BCUT2D eigenvalue weighted by molar-refractivity contribution is -0.119. The largest absolute Gasteiger partial charge is 0.454 e. The van der Waals surface area contributed by atoms with E-state index in [9.17, 15) is 18.0 Å². The summed E-state index contributed by atoms with van der Waals surface area (Å²) in [6, 6.07) is 3.82. The second kappa shape index (κ2) is 5.14. The van der Waals surface area contributed by atoms with E-state index in [-0.39, 0.29) is 17.3 Å². The first-order chi connectivity index (χ1) is 10.7. The SMILES string of the molecule is C[C@@]1(c2cc(NC(=O)C3CC3(F)F)ccc2F)CCN=C(N)O1. The molecule has 3 N–H and O–H groups in total. The molecule has 0 saturated heterocycles. The van der Waals surface area contributed by atoms with Gasteiger partial charge in [-0.2, -0.15) is 0 Å². The number of nitrogens with zero attached hydrogens (tertiary/aromatic N) is 1. The van der Waals surface area contributed by atoms with E-state index in [0.29, 0.717) is 13.0 Å². The number of carbonyl (C=O) groups excluding carboxylic acids is 1. The Morgan fingerprint density at radius 3 is 2.78 bits per heavy atom. The Labute approximate surface area is 130 Å². The maximum Gasteiger partial charge on any atom is 0.282 e. The Balaban J connectivity index is 1.82. The lowest BCUT2D eigenvalue weighted by Gasteiger charge is -2.33. The number of amidine groups is 1. The van der Waals surface area contributed by atoms with Crippen molar-refractivity contribution in [3.63, 3.8) is 0 Å². The maximum absolute atomic E-state index is 14.2. The number of rotatable bonds is 3. The maximum atomic E-state index is 14.2. The van der Waals surface area contributed by atoms with Gasteiger partial charge < -0.3 is 15.8 Å². The fourth-order valence-corrected chi connectivity index (χ4v) is 2.62. The van der Waals surface area contributed by atoms with Crippen LogP contribution in [0.25, 0.3) is 0 Å². The highest BCUT2D eigenvalue weighted by Gasteiger charge is 2.61. The monoisotopic (exact) mass is 327 g/mol. The molecule has 1 amide bonds. The highest BCUT2D eigenvalue weighted by atomic mass is 19.3. The first-order valence-corrected chi connectivity index (χ1v) is 7.19. The number of anilines is 1. The predicted octanol–water partition coefficient (Wildman–Crippen LogP) is 2.37. The first kappa shape index (κ1) is 15.6. The number of alkyl halides is 2. The van der Waals surface area contributed by atoms with Crippen molar-refractivity contribution >= 4 is 17.6 Å². The molecule has 1 unspecified atom stereocenters. The molecule has 0 aromatic heterocycles. The summed E-state index contributed by atoms with van der Waals surface area (Å²) in [7, 11) is 0. The number of aliphatic imine (C=N–C) groups is 1. The van der Waals surface area contributed by atoms with Gasteiger partial charge in [-0.1, -0.05) is 0 Å². The van der Waals surface area contributed by atoms with E-state index in [1.54, 1.807) is 6.92 Å². The van der Waals surface area contributed by atoms with Crippen LogP contribution in [0.2, 0.25) is 0 Å². The molecule has 0 bridgehead atoms. The summed E-state index contributed by atoms with van der Waals surface area (Å²) in [5.74, 6) is -5.57. The Kier molecular flexibility index (Phi) is 3.50. The number of nitrogens with one attached hydrogen (secondary N) is 1. The van der Waals surface area contributed by atoms with E-state index in [4.69, 9.17) is 10.5 Å². The highest BCUT2D eigenvalue weighted by Crippen LogP contribution is 2.49. The van der Waals surface area contributed by atoms with Gasteiger partial charge in [-0.3, -0.25) is 4.79 Å². The van der Waals surface area contributed by atoms with Gasteiger partial charge in [0.2, 0.25) is 5.91 Å². The molecule has 1 fully saturated rings. The molecule has 3 rings (SSSR count). The molecule has 1 aliphatic carbocycles. The molecule has 23 heavy (non-hydrogen) atoms. The fourth-order valence-electron chi connectivity index (χ4n) is 2.62. The topological polar surface area (TPSA) is 76.7 Å². The predicted molar refractivity (Wildman–Crippen MR) is 77.6 cm³/mol. The Morgan fingerprint density at radius 2 is 2.17 bits per heavy atom. The first-order valence-electron chi connectivity index (χ1n) is 7.19. The summed E-state index contributed by atoms with van der Waals surface area (Å²) in [5.41, 5.74) is 4.95. The zero-order valence-electron chi connectivity index (χ0n) is 12.4. The third-order valence-electron chi connectivity index (χ3n) is 4.13. The standard InChI is InChI=1S/C15H16F3N3O2/c1-14(4-5-20-13(19)23-14)9-6-8(2-3-11(9)16)21-12(22)10-7-15(10,17)18/h2-3,6,10H,4-5,7H2,1H3,(H2,19,20)(H,21,22)/t10?,14-/m0/s1. The zero-order chi connectivity index (χ0) is 16.8. The molecule has 5 nitrogen and oxygen atoms in total. The van der Waals surface area contributed by atoms with Gasteiger partial charge in [0.25, 0.3) is 11.9 Å². The van der Waals surface area contributed by atoms with Crippen LogP contribution in [0.3, 0.4) is 0 Å². The zero-order valence-corrected chi connectivity index (χ0v) is 12.4. The number of ether oxygens (including phenoxy) is 1. The van der Waals surface area contributed by atoms with Gasteiger partial charge in [-0.25, -0.2) is 18.2 Å². The minimum Gasteiger partial charge on any atom is -0.454 e. The number of halogens is 3. The van der Waals surface area contributed by atoms with Crippen LogP contribution in [0.5, 0.6) is 0 Å². The quantitative estimate of drug-likeness (QED) is 0.895. The molecular weight excluding hydrogens is 311 g/mol. The van der Waals surface area contributed by atoms with Gasteiger partial charge in [0.15, 0.2) is 0 Å². The fraction of sp³-hybridized carbons (Fsp3) is 0.467. The average Bonchev–Trinajstić information content (AvgIpc) is 3.10. The van der Waals surface area contributed by atoms with E-state index in [1.165, 1.54) is 12.1 Å². The van der Waals surface area contributed by atoms with E-state index >= 15 is 0 Å². The summed E-state index contributed by atoms with van der Waals surface area (Å²) in [4.78, 5) is 15.6. The van der Waals surface area contributed by atoms with Gasteiger partial charge in [-0.05, 0) is 25.1 Å². The molecule has 124 valence electrons. The molecular formula is C15H16F3N3O2. The van der Waals surface area contributed by atoms with E-state index < -0.39 is 35.6 Å². The summed E-state index contributed by atoms with van der Waals surface area (Å²) >= 11 is 0. The van der Waals surface area contributed by atoms with Crippen LogP contribution in [-0.4, -0.2) is 24.4 Å². The molecule has 8 heteroatoms. The summed E-state index contributed by atoms with van der Waals surface area (Å²) in [5, 5.41) is 2.39. The Bertz CT molecular complexity index is 693. The molecule has 2 atom stereocenters. The Hall–Kier alpha value is -2.25. The number of benzene rings is 1. The van der Waals surface area contributed by atoms with Gasteiger partial charge in [0.05, 0.1) is 0 Å². The van der Waals surface area contributed by atoms with Gasteiger partial charge in [-0.15, -0.1) is 0 Å². The summed E-state index contributed by atoms with van der Waals surface area (Å²) in [6.07, 6.45) is -0.0522. The van der Waals surface area contributed by atoms with Crippen LogP contribution in [0, 0.1) is 11.7 Å². The molecule has 0 spiro atoms. The number of hydrogen-bond acceptors (Lipinski definition) is 4. The van der Waals surface area contributed by atoms with Crippen LogP contribution >= 0.6 is 0 Å². The van der Waals surface area contributed by atoms with E-state index in [0.717, 1.165) is 6.07 Å². The molecule has 1 aliphatic heterocycles. The third kappa shape index (κ3) is 2.97. The minimum absolute atomic E-state index is 0.0368. The number of hydrogen-bond donors (Lipinski definition) is 2. The number of nitrogens with two attached hydrogens (primary N) is 1. The van der Waals surface area contributed by atoms with Crippen LogP contribution in [0.15, 0.2) is 23.2 Å². The van der Waals surface area contributed by atoms with E-state index in [2.05, 4.69) is 10.3 Å². The minimum atomic E-state index is -2.95. The highest BCUT2D eigenvalue weighted by molar-refractivity contribution is 5.95. The number of amides is 1. The lowest BCUT2D eigenvalue weighted by Crippen LogP contribution is -2.38. The van der Waals surface area contributed by atoms with Crippen LogP contribution < -0.4 is 11.1 Å². The van der Waals surface area contributed by atoms with Gasteiger partial charge >= 0.3 is 0 Å². The molecule has 1 aromatic carbocycles. The molecule has 0 radical (unpaired) electrons. The van der Waals surface area contributed by atoms with Crippen LogP contribution in [0.1, 0.15) is 25.3 Å². The smallest absolute Gasteiger partial charge is 0.282 e. The van der Waals surface area contributed by atoms with Crippen molar-refractivity contribution in [3.8, 4) is 0 Å². The van der Waals surface area contributed by atoms with Crippen LogP contribution in [0.4, 0.5) is 18.9 Å². The van der Waals surface area contributed by atoms with Gasteiger partial charge in [0.1, 0.15) is 17.3 Å². The third-order valence-corrected chi connectivity index (χ3v) is 4.13. The van der Waals surface area contributed by atoms with Crippen molar-refractivity contribution < 1.29 is 22.7 Å². The van der Waals surface area contributed by atoms with Crippen molar-refractivity contribution in [1.82, 2.24) is 0 Å². The molecule has 2 aliphatic rings. The molecule has 1 aromatic rings. The summed E-state index contributed by atoms with van der Waals surface area (Å²) in [6.45, 7) is 2.04. The van der Waals surface area contributed by atoms with Crippen molar-refractivity contribution in [2.24, 2.45) is 16.6 Å². The van der Waals surface area contributed by atoms with Crippen molar-refractivity contribution in [1.29, 1.82) is 0 Å². The molecule has 1 heterocycles. The molecule has 1 saturated carbocycles. The summed E-state index contributed by atoms with van der Waals surface area (Å²) < 4.78 is 45.5. The van der Waals surface area contributed by atoms with Crippen LogP contribution in [-0.2, 0) is 15.1 Å². The Morgan fingerprint density at radius 1 is 1.48 bits per heavy atom. The normalized spacial score (nSPS) is 28.5. The van der Waals surface area contributed by atoms with Crippen molar-refractivity contribution in [2.45, 2.75) is 31.3 Å². The van der Waals surface area contributed by atoms with E-state index in [1.807, 2.05) is 0 Å². The second-order valence-electron chi connectivity index (χ2n) is 6.00. The average molecular weight is 327 g/mol. The van der Waals surface area contributed by atoms with Crippen molar-refractivity contribution in [2.75, 3.05) is 11.9 Å².